The molecular weight excluding hydrogens is 389 g/mol. The van der Waals surface area contributed by atoms with Crippen molar-refractivity contribution < 1.29 is 4.79 Å². The van der Waals surface area contributed by atoms with Gasteiger partial charge in [0.1, 0.15) is 3.70 Å². The topological polar surface area (TPSA) is 57.8 Å². The van der Waals surface area contributed by atoms with Crippen molar-refractivity contribution in [1.29, 1.82) is 0 Å². The van der Waals surface area contributed by atoms with E-state index in [-0.39, 0.29) is 17.2 Å². The van der Waals surface area contributed by atoms with Crippen LogP contribution in [0.4, 0.5) is 5.69 Å². The van der Waals surface area contributed by atoms with Crippen LogP contribution in [0.5, 0.6) is 0 Å². The second-order valence-electron chi connectivity index (χ2n) is 6.04. The molecule has 1 aliphatic carbocycles. The summed E-state index contributed by atoms with van der Waals surface area (Å²) in [6.07, 6.45) is 0.885. The van der Waals surface area contributed by atoms with Crippen LogP contribution in [-0.4, -0.2) is 16.1 Å². The number of para-hydroxylation sites is 1. The number of amides is 1. The SMILES string of the molecule is O=C1Nc2ccccc2[C@@]12C[C@@H]2c1ccc2n[nH]c(I)c2c1. The molecule has 0 bridgehead atoms. The maximum atomic E-state index is 12.5. The predicted octanol–water partition coefficient (Wildman–Crippen LogP) is 3.54. The summed E-state index contributed by atoms with van der Waals surface area (Å²) in [7, 11) is 0. The summed E-state index contributed by atoms with van der Waals surface area (Å²) in [5.74, 6) is 0.395. The normalized spacial score (nSPS) is 25.5. The zero-order valence-electron chi connectivity index (χ0n) is 11.6. The highest BCUT2D eigenvalue weighted by Gasteiger charge is 2.65. The Hall–Kier alpha value is -1.89. The Kier molecular flexibility index (Phi) is 2.35. The van der Waals surface area contributed by atoms with Gasteiger partial charge in [-0.1, -0.05) is 24.3 Å². The summed E-state index contributed by atoms with van der Waals surface area (Å²) in [4.78, 5) is 12.5. The Balaban J connectivity index is 1.63. The number of aromatic nitrogens is 2. The molecule has 3 aromatic rings. The first-order chi connectivity index (χ1) is 10.7. The number of halogens is 1. The Labute approximate surface area is 140 Å². The number of carbonyl (C=O) groups is 1. The van der Waals surface area contributed by atoms with Crippen LogP contribution in [0.15, 0.2) is 42.5 Å². The van der Waals surface area contributed by atoms with E-state index in [1.165, 1.54) is 5.56 Å². The van der Waals surface area contributed by atoms with Gasteiger partial charge in [-0.05, 0) is 58.3 Å². The molecule has 4 nitrogen and oxygen atoms in total. The molecule has 2 atom stereocenters. The van der Waals surface area contributed by atoms with Gasteiger partial charge in [0, 0.05) is 17.0 Å². The molecule has 1 saturated carbocycles. The number of anilines is 1. The van der Waals surface area contributed by atoms with Crippen molar-refractivity contribution in [2.24, 2.45) is 0 Å². The zero-order chi connectivity index (χ0) is 14.9. The quantitative estimate of drug-likeness (QED) is 0.613. The fourth-order valence-electron chi connectivity index (χ4n) is 3.76. The number of fused-ring (bicyclic) bond motifs is 3. The van der Waals surface area contributed by atoms with E-state index in [1.807, 2.05) is 24.3 Å². The lowest BCUT2D eigenvalue weighted by atomic mass is 9.92. The van der Waals surface area contributed by atoms with Gasteiger partial charge in [-0.3, -0.25) is 9.89 Å². The second-order valence-corrected chi connectivity index (χ2v) is 7.12. The van der Waals surface area contributed by atoms with E-state index >= 15 is 0 Å². The lowest BCUT2D eigenvalue weighted by Crippen LogP contribution is -2.20. The van der Waals surface area contributed by atoms with E-state index in [0.29, 0.717) is 0 Å². The third-order valence-electron chi connectivity index (χ3n) is 4.96. The van der Waals surface area contributed by atoms with E-state index < -0.39 is 0 Å². The zero-order valence-corrected chi connectivity index (χ0v) is 13.7. The summed E-state index contributed by atoms with van der Waals surface area (Å²) in [6.45, 7) is 0. The molecule has 5 heteroatoms. The number of rotatable bonds is 1. The van der Waals surface area contributed by atoms with Crippen LogP contribution < -0.4 is 5.32 Å². The van der Waals surface area contributed by atoms with Crippen molar-refractivity contribution in [2.45, 2.75) is 17.8 Å². The van der Waals surface area contributed by atoms with Crippen molar-refractivity contribution in [2.75, 3.05) is 5.32 Å². The van der Waals surface area contributed by atoms with Crippen LogP contribution >= 0.6 is 22.6 Å². The Bertz CT molecular complexity index is 948. The maximum Gasteiger partial charge on any atom is 0.235 e. The van der Waals surface area contributed by atoms with Crippen LogP contribution in [0, 0.1) is 3.70 Å². The minimum absolute atomic E-state index is 0.140. The van der Waals surface area contributed by atoms with Gasteiger partial charge in [-0.2, -0.15) is 5.10 Å². The van der Waals surface area contributed by atoms with Crippen molar-refractivity contribution >= 4 is 45.1 Å². The van der Waals surface area contributed by atoms with Crippen LogP contribution in [-0.2, 0) is 10.2 Å². The Morgan fingerprint density at radius 3 is 3.00 bits per heavy atom. The average molecular weight is 401 g/mol. The first kappa shape index (κ1) is 12.6. The van der Waals surface area contributed by atoms with Crippen LogP contribution in [0.1, 0.15) is 23.5 Å². The van der Waals surface area contributed by atoms with Gasteiger partial charge in [-0.25, -0.2) is 0 Å². The Morgan fingerprint density at radius 2 is 2.09 bits per heavy atom. The molecule has 108 valence electrons. The molecule has 1 aromatic heterocycles. The smallest absolute Gasteiger partial charge is 0.235 e. The van der Waals surface area contributed by atoms with Crippen molar-refractivity contribution in [3.8, 4) is 0 Å². The lowest BCUT2D eigenvalue weighted by Gasteiger charge is -2.08. The molecule has 2 heterocycles. The molecule has 2 aromatic carbocycles. The van der Waals surface area contributed by atoms with E-state index in [1.54, 1.807) is 0 Å². The fraction of sp³-hybridized carbons (Fsp3) is 0.176. The molecule has 0 saturated heterocycles. The number of benzene rings is 2. The summed E-state index contributed by atoms with van der Waals surface area (Å²) in [6, 6.07) is 14.4. The first-order valence-corrected chi connectivity index (χ1v) is 8.32. The lowest BCUT2D eigenvalue weighted by molar-refractivity contribution is -0.118. The number of carbonyl (C=O) groups excluding carboxylic acids is 1. The van der Waals surface area contributed by atoms with E-state index in [9.17, 15) is 4.79 Å². The standard InChI is InChI=1S/C17H12IN3O/c18-15-10-7-9(5-6-13(10)20-21-15)12-8-17(12)11-3-1-2-4-14(11)19-16(17)22/h1-7,12H,8H2,(H,19,22)(H,20,21)/t12-,17-/m1/s1. The van der Waals surface area contributed by atoms with E-state index in [4.69, 9.17) is 0 Å². The van der Waals surface area contributed by atoms with Gasteiger partial charge >= 0.3 is 0 Å². The predicted molar refractivity (Wildman–Crippen MR) is 92.9 cm³/mol. The molecule has 1 amide bonds. The van der Waals surface area contributed by atoms with Crippen LogP contribution in [0.3, 0.4) is 0 Å². The van der Waals surface area contributed by atoms with Gasteiger partial charge in [0.25, 0.3) is 0 Å². The molecule has 2 N–H and O–H groups in total. The minimum atomic E-state index is -0.362. The summed E-state index contributed by atoms with van der Waals surface area (Å²) < 4.78 is 1.04. The fourth-order valence-corrected chi connectivity index (χ4v) is 4.32. The molecular formula is C17H12IN3O. The minimum Gasteiger partial charge on any atom is -0.325 e. The number of H-pyrrole nitrogens is 1. The van der Waals surface area contributed by atoms with E-state index in [2.05, 4.69) is 56.3 Å². The third-order valence-corrected chi connectivity index (χ3v) is 5.78. The maximum absolute atomic E-state index is 12.5. The van der Waals surface area contributed by atoms with Crippen LogP contribution in [0.25, 0.3) is 10.9 Å². The summed E-state index contributed by atoms with van der Waals surface area (Å²) in [5.41, 5.74) is 3.94. The van der Waals surface area contributed by atoms with Gasteiger partial charge in [-0.15, -0.1) is 0 Å². The molecule has 5 rings (SSSR count). The van der Waals surface area contributed by atoms with Gasteiger partial charge in [0.2, 0.25) is 5.91 Å². The number of nitrogens with zero attached hydrogens (tertiary/aromatic N) is 1. The molecule has 22 heavy (non-hydrogen) atoms. The molecule has 0 unspecified atom stereocenters. The molecule has 1 spiro atoms. The van der Waals surface area contributed by atoms with Crippen molar-refractivity contribution in [3.05, 3.63) is 57.3 Å². The second kappa shape index (κ2) is 4.10. The largest absolute Gasteiger partial charge is 0.325 e. The summed E-state index contributed by atoms with van der Waals surface area (Å²) in [5, 5.41) is 11.4. The van der Waals surface area contributed by atoms with Gasteiger partial charge < -0.3 is 5.32 Å². The monoisotopic (exact) mass is 401 g/mol. The number of nitrogens with one attached hydrogen (secondary N) is 2. The van der Waals surface area contributed by atoms with Crippen molar-refractivity contribution in [3.63, 3.8) is 0 Å². The summed E-state index contributed by atoms with van der Waals surface area (Å²) >= 11 is 2.26. The molecule has 0 radical (unpaired) electrons. The first-order valence-electron chi connectivity index (χ1n) is 7.24. The highest BCUT2D eigenvalue weighted by molar-refractivity contribution is 14.1. The number of hydrogen-bond donors (Lipinski definition) is 2. The number of hydrogen-bond acceptors (Lipinski definition) is 2. The van der Waals surface area contributed by atoms with Gasteiger partial charge in [0.05, 0.1) is 10.9 Å². The van der Waals surface area contributed by atoms with Crippen molar-refractivity contribution in [1.82, 2.24) is 10.2 Å². The van der Waals surface area contributed by atoms with E-state index in [0.717, 1.165) is 32.3 Å². The Morgan fingerprint density at radius 1 is 1.23 bits per heavy atom. The average Bonchev–Trinajstić information content (AvgIpc) is 3.10. The molecule has 1 fully saturated rings. The highest BCUT2D eigenvalue weighted by atomic mass is 127. The third kappa shape index (κ3) is 1.47. The molecule has 2 aliphatic rings. The molecule has 1 aliphatic heterocycles. The van der Waals surface area contributed by atoms with Crippen LogP contribution in [0.2, 0.25) is 0 Å². The van der Waals surface area contributed by atoms with Gasteiger partial charge in [0.15, 0.2) is 0 Å². The number of aromatic amines is 1. The highest BCUT2D eigenvalue weighted by Crippen LogP contribution is 2.64.